The molecule has 0 aliphatic heterocycles. The molecule has 1 atom stereocenters. The topological polar surface area (TPSA) is 73.4 Å². The van der Waals surface area contributed by atoms with Crippen molar-refractivity contribution in [1.29, 1.82) is 0 Å². The van der Waals surface area contributed by atoms with Crippen LogP contribution in [0.3, 0.4) is 0 Å². The third-order valence-corrected chi connectivity index (χ3v) is 4.73. The quantitative estimate of drug-likeness (QED) is 0.525. The molecule has 168 valence electrons. The van der Waals surface area contributed by atoms with Gasteiger partial charge in [-0.1, -0.05) is 48.0 Å². The fourth-order valence-corrected chi connectivity index (χ4v) is 3.03. The fraction of sp³-hybridized carbons (Fsp3) is 0.304. The number of imidazole rings is 1. The van der Waals surface area contributed by atoms with E-state index in [9.17, 15) is 4.79 Å². The lowest BCUT2D eigenvalue weighted by molar-refractivity contribution is -0.131. The highest BCUT2D eigenvalue weighted by Gasteiger charge is 2.19. The minimum atomic E-state index is -0.626. The summed E-state index contributed by atoms with van der Waals surface area (Å²) in [5.41, 5.74) is 9.32. The number of amides is 1. The monoisotopic (exact) mass is 464 g/mol. The van der Waals surface area contributed by atoms with Crippen molar-refractivity contribution in [2.45, 2.75) is 25.9 Å². The molecule has 0 unspecified atom stereocenters. The zero-order chi connectivity index (χ0) is 20.6. The Kier molecular flexibility index (Phi) is 11.1. The smallest absolute Gasteiger partial charge is 0.239 e. The van der Waals surface area contributed by atoms with Gasteiger partial charge in [0, 0.05) is 26.2 Å². The number of nitrogens with zero attached hydrogens (tertiary/aromatic N) is 3. The molecule has 0 aliphatic carbocycles. The summed E-state index contributed by atoms with van der Waals surface area (Å²) < 4.78 is 7.69. The number of ether oxygens (including phenoxy) is 1. The zero-order valence-corrected chi connectivity index (χ0v) is 19.4. The van der Waals surface area contributed by atoms with Crippen LogP contribution in [0, 0.1) is 6.92 Å². The number of nitrogens with two attached hydrogens (primary N) is 1. The zero-order valence-electron chi connectivity index (χ0n) is 17.8. The van der Waals surface area contributed by atoms with Gasteiger partial charge in [-0.15, -0.1) is 24.8 Å². The Morgan fingerprint density at radius 1 is 1.13 bits per heavy atom. The third-order valence-electron chi connectivity index (χ3n) is 4.73. The molecule has 2 aromatic carbocycles. The first-order valence-corrected chi connectivity index (χ1v) is 9.76. The van der Waals surface area contributed by atoms with E-state index in [1.54, 1.807) is 18.3 Å². The van der Waals surface area contributed by atoms with Gasteiger partial charge < -0.3 is 19.9 Å². The van der Waals surface area contributed by atoms with Gasteiger partial charge in [-0.2, -0.15) is 0 Å². The highest BCUT2D eigenvalue weighted by molar-refractivity contribution is 5.85. The molecular formula is C23H30Cl2N4O2. The molecule has 0 spiro atoms. The average molecular weight is 465 g/mol. The Balaban J connectivity index is 0.00000240. The molecule has 0 fully saturated rings. The van der Waals surface area contributed by atoms with Crippen LogP contribution in [-0.4, -0.2) is 46.6 Å². The van der Waals surface area contributed by atoms with Crippen molar-refractivity contribution in [3.05, 3.63) is 83.9 Å². The summed E-state index contributed by atoms with van der Waals surface area (Å²) in [6.45, 7) is 3.67. The Morgan fingerprint density at radius 3 is 2.48 bits per heavy atom. The van der Waals surface area contributed by atoms with Crippen molar-refractivity contribution in [2.24, 2.45) is 5.73 Å². The third kappa shape index (κ3) is 8.25. The van der Waals surface area contributed by atoms with E-state index < -0.39 is 6.04 Å². The Labute approximate surface area is 196 Å². The van der Waals surface area contributed by atoms with E-state index in [0.717, 1.165) is 18.0 Å². The van der Waals surface area contributed by atoms with E-state index in [0.29, 0.717) is 19.6 Å². The van der Waals surface area contributed by atoms with Crippen LogP contribution in [0.4, 0.5) is 0 Å². The lowest BCUT2D eigenvalue weighted by Crippen LogP contribution is -2.44. The summed E-state index contributed by atoms with van der Waals surface area (Å²) in [5.74, 6) is 0.680. The predicted molar refractivity (Wildman–Crippen MR) is 128 cm³/mol. The second-order valence-electron chi connectivity index (χ2n) is 7.25. The van der Waals surface area contributed by atoms with Crippen LogP contribution >= 0.6 is 24.8 Å². The number of carbonyl (C=O) groups is 1. The van der Waals surface area contributed by atoms with E-state index in [4.69, 9.17) is 10.5 Å². The first kappa shape index (κ1) is 26.5. The van der Waals surface area contributed by atoms with Crippen LogP contribution in [0.5, 0.6) is 5.75 Å². The molecule has 1 heterocycles. The normalized spacial score (nSPS) is 11.1. The average Bonchev–Trinajstić information content (AvgIpc) is 3.16. The molecule has 0 saturated carbocycles. The molecule has 3 aromatic rings. The molecule has 1 aromatic heterocycles. The molecular weight excluding hydrogens is 435 g/mol. The second-order valence-corrected chi connectivity index (χ2v) is 7.25. The second kappa shape index (κ2) is 13.0. The number of likely N-dealkylation sites (N-methyl/N-ethyl adjacent to an activating group) is 1. The number of hydrogen-bond donors (Lipinski definition) is 1. The maximum Gasteiger partial charge on any atom is 0.239 e. The summed E-state index contributed by atoms with van der Waals surface area (Å²) in [5, 5.41) is 0. The Bertz CT molecular complexity index is 917. The van der Waals surface area contributed by atoms with Gasteiger partial charge in [0.15, 0.2) is 0 Å². The van der Waals surface area contributed by atoms with Crippen molar-refractivity contribution in [3.8, 4) is 5.75 Å². The van der Waals surface area contributed by atoms with Gasteiger partial charge in [0.05, 0.1) is 24.6 Å². The first-order valence-electron chi connectivity index (χ1n) is 9.76. The summed E-state index contributed by atoms with van der Waals surface area (Å²) in [4.78, 5) is 18.5. The van der Waals surface area contributed by atoms with E-state index in [1.165, 1.54) is 11.1 Å². The standard InChI is InChI=1S/C23H28N4O2.2ClH/c1-18-8-10-21(11-9-18)29-13-12-26(2)23(28)22(24)14-20-16-27(17-25-20)15-19-6-4-3-5-7-19;;/h3-11,16-17,22H,12-15,24H2,1-2H3;2*1H/t22-;;/m0../s1. The van der Waals surface area contributed by atoms with Gasteiger partial charge in [0.1, 0.15) is 12.4 Å². The molecule has 2 N–H and O–H groups in total. The maximum absolute atomic E-state index is 12.5. The first-order chi connectivity index (χ1) is 14.0. The van der Waals surface area contributed by atoms with E-state index in [2.05, 4.69) is 17.1 Å². The van der Waals surface area contributed by atoms with E-state index in [-0.39, 0.29) is 30.7 Å². The lowest BCUT2D eigenvalue weighted by atomic mass is 10.1. The highest BCUT2D eigenvalue weighted by atomic mass is 35.5. The summed E-state index contributed by atoms with van der Waals surface area (Å²) in [6, 6.07) is 17.4. The van der Waals surface area contributed by atoms with E-state index in [1.807, 2.05) is 60.2 Å². The van der Waals surface area contributed by atoms with Crippen LogP contribution < -0.4 is 10.5 Å². The molecule has 0 bridgehead atoms. The molecule has 31 heavy (non-hydrogen) atoms. The van der Waals surface area contributed by atoms with Crippen LogP contribution in [0.2, 0.25) is 0 Å². The van der Waals surface area contributed by atoms with Crippen LogP contribution in [0.15, 0.2) is 67.1 Å². The molecule has 3 rings (SSSR count). The van der Waals surface area contributed by atoms with Crippen LogP contribution in [0.25, 0.3) is 0 Å². The largest absolute Gasteiger partial charge is 0.492 e. The Morgan fingerprint density at radius 2 is 1.81 bits per heavy atom. The summed E-state index contributed by atoms with van der Waals surface area (Å²) in [6.07, 6.45) is 4.13. The van der Waals surface area contributed by atoms with Gasteiger partial charge in [-0.25, -0.2) is 4.98 Å². The molecule has 0 aliphatic rings. The molecule has 0 radical (unpaired) electrons. The number of aryl methyl sites for hydroxylation is 1. The maximum atomic E-state index is 12.5. The van der Waals surface area contributed by atoms with Gasteiger partial charge in [-0.3, -0.25) is 4.79 Å². The minimum absolute atomic E-state index is 0. The van der Waals surface area contributed by atoms with E-state index >= 15 is 0 Å². The molecule has 8 heteroatoms. The summed E-state index contributed by atoms with van der Waals surface area (Å²) >= 11 is 0. The van der Waals surface area contributed by atoms with Gasteiger partial charge in [-0.05, 0) is 24.6 Å². The van der Waals surface area contributed by atoms with Crippen LogP contribution in [-0.2, 0) is 17.8 Å². The molecule has 1 amide bonds. The Hall–Kier alpha value is -2.54. The number of benzene rings is 2. The van der Waals surface area contributed by atoms with Crippen molar-refractivity contribution < 1.29 is 9.53 Å². The van der Waals surface area contributed by atoms with Crippen molar-refractivity contribution in [3.63, 3.8) is 0 Å². The van der Waals surface area contributed by atoms with Gasteiger partial charge >= 0.3 is 0 Å². The molecule has 6 nitrogen and oxygen atoms in total. The van der Waals surface area contributed by atoms with Crippen molar-refractivity contribution in [2.75, 3.05) is 20.2 Å². The van der Waals surface area contributed by atoms with Crippen molar-refractivity contribution >= 4 is 30.7 Å². The highest BCUT2D eigenvalue weighted by Crippen LogP contribution is 2.11. The molecule has 0 saturated heterocycles. The lowest BCUT2D eigenvalue weighted by Gasteiger charge is -2.21. The van der Waals surface area contributed by atoms with Crippen molar-refractivity contribution in [1.82, 2.24) is 14.5 Å². The fourth-order valence-electron chi connectivity index (χ4n) is 3.03. The van der Waals surface area contributed by atoms with Gasteiger partial charge in [0.2, 0.25) is 5.91 Å². The van der Waals surface area contributed by atoms with Crippen LogP contribution in [0.1, 0.15) is 16.8 Å². The number of carbonyl (C=O) groups excluding carboxylic acids is 1. The number of hydrogen-bond acceptors (Lipinski definition) is 4. The summed E-state index contributed by atoms with van der Waals surface area (Å²) in [7, 11) is 1.74. The minimum Gasteiger partial charge on any atom is -0.492 e. The predicted octanol–water partition coefficient (Wildman–Crippen LogP) is 3.49. The SMILES string of the molecule is Cc1ccc(OCCN(C)C(=O)[C@@H](N)Cc2cn(Cc3ccccc3)cn2)cc1.Cl.Cl. The number of halogens is 2. The number of aromatic nitrogens is 2. The number of rotatable bonds is 9. The van der Waals surface area contributed by atoms with Gasteiger partial charge in [0.25, 0.3) is 0 Å².